The van der Waals surface area contributed by atoms with Crippen LogP contribution >= 0.6 is 0 Å². The molecular weight excluding hydrogens is 285 g/mol. The van der Waals surface area contributed by atoms with Crippen LogP contribution in [0.15, 0.2) is 11.5 Å². The predicted molar refractivity (Wildman–Crippen MR) is 96.8 cm³/mol. The SMILES string of the molecule is CC(C)(C)OC(=O)N1CC=C([B]C2CC(C)(C)C(C)(C)C2)CC1. The van der Waals surface area contributed by atoms with Gasteiger partial charge in [0.15, 0.2) is 0 Å². The number of rotatable bonds is 2. The second-order valence-corrected chi connectivity index (χ2v) is 9.56. The highest BCUT2D eigenvalue weighted by atomic mass is 16.6. The molecule has 0 aromatic heterocycles. The van der Waals surface area contributed by atoms with E-state index in [4.69, 9.17) is 4.74 Å². The third-order valence-corrected chi connectivity index (χ3v) is 5.72. The van der Waals surface area contributed by atoms with Gasteiger partial charge in [-0.05, 0) is 38.0 Å². The molecule has 1 heterocycles. The van der Waals surface area contributed by atoms with Crippen molar-refractivity contribution in [3.8, 4) is 0 Å². The third kappa shape index (κ3) is 4.55. The summed E-state index contributed by atoms with van der Waals surface area (Å²) in [6.45, 7) is 16.7. The average Bonchev–Trinajstić information content (AvgIpc) is 2.55. The Bertz CT molecular complexity index is 472. The van der Waals surface area contributed by atoms with Gasteiger partial charge in [-0.25, -0.2) is 4.79 Å². The molecule has 0 N–H and O–H groups in total. The van der Waals surface area contributed by atoms with Crippen LogP contribution in [-0.2, 0) is 4.74 Å². The Morgan fingerprint density at radius 3 is 2.22 bits per heavy atom. The van der Waals surface area contributed by atoms with Gasteiger partial charge in [0, 0.05) is 13.1 Å². The van der Waals surface area contributed by atoms with E-state index < -0.39 is 5.60 Å². The normalized spacial score (nSPS) is 24.3. The number of amides is 1. The molecule has 1 fully saturated rings. The Kier molecular flexibility index (Phi) is 4.95. The van der Waals surface area contributed by atoms with Crippen LogP contribution in [-0.4, -0.2) is 37.0 Å². The van der Waals surface area contributed by atoms with Gasteiger partial charge in [-0.3, -0.25) is 0 Å². The molecule has 0 bridgehead atoms. The van der Waals surface area contributed by atoms with E-state index in [1.165, 1.54) is 18.3 Å². The van der Waals surface area contributed by atoms with Crippen LogP contribution in [0.5, 0.6) is 0 Å². The summed E-state index contributed by atoms with van der Waals surface area (Å²) in [5.74, 6) is 0.666. The van der Waals surface area contributed by atoms with E-state index >= 15 is 0 Å². The standard InChI is InChI=1S/C19H33BNO2/c1-17(2,3)23-16(22)21-10-8-14(9-11-21)20-15-12-18(4,5)19(6,7)13-15/h8,15H,9-13H2,1-7H3. The van der Waals surface area contributed by atoms with Crippen LogP contribution in [0.25, 0.3) is 0 Å². The van der Waals surface area contributed by atoms with Crippen molar-refractivity contribution in [2.45, 2.75) is 79.1 Å². The van der Waals surface area contributed by atoms with Crippen LogP contribution in [0.2, 0.25) is 5.82 Å². The third-order valence-electron chi connectivity index (χ3n) is 5.72. The summed E-state index contributed by atoms with van der Waals surface area (Å²) in [5.41, 5.74) is 1.77. The first-order valence-electron chi connectivity index (χ1n) is 8.91. The zero-order valence-corrected chi connectivity index (χ0v) is 16.0. The maximum atomic E-state index is 12.1. The second kappa shape index (κ2) is 6.18. The van der Waals surface area contributed by atoms with Gasteiger partial charge < -0.3 is 9.64 Å². The van der Waals surface area contributed by atoms with Crippen LogP contribution in [0.3, 0.4) is 0 Å². The van der Waals surface area contributed by atoms with E-state index in [0.717, 1.165) is 13.0 Å². The molecule has 3 nitrogen and oxygen atoms in total. The van der Waals surface area contributed by atoms with E-state index in [2.05, 4.69) is 41.1 Å². The van der Waals surface area contributed by atoms with Gasteiger partial charge in [0.2, 0.25) is 0 Å². The van der Waals surface area contributed by atoms with E-state index in [0.29, 0.717) is 23.2 Å². The molecule has 2 aliphatic rings. The van der Waals surface area contributed by atoms with Gasteiger partial charge in [0.05, 0.1) is 0 Å². The molecule has 1 aliphatic carbocycles. The quantitative estimate of drug-likeness (QED) is 0.681. The maximum Gasteiger partial charge on any atom is 0.410 e. The summed E-state index contributed by atoms with van der Waals surface area (Å²) < 4.78 is 5.45. The molecule has 1 amide bonds. The van der Waals surface area contributed by atoms with Gasteiger partial charge in [0.25, 0.3) is 0 Å². The molecule has 1 aliphatic heterocycles. The lowest BCUT2D eigenvalue weighted by molar-refractivity contribution is 0.0267. The van der Waals surface area contributed by atoms with E-state index in [1.807, 2.05) is 20.8 Å². The van der Waals surface area contributed by atoms with Gasteiger partial charge in [-0.2, -0.15) is 0 Å². The van der Waals surface area contributed by atoms with Gasteiger partial charge >= 0.3 is 6.09 Å². The Morgan fingerprint density at radius 1 is 1.22 bits per heavy atom. The molecular formula is C19H33BNO2. The highest BCUT2D eigenvalue weighted by Gasteiger charge is 2.46. The summed E-state index contributed by atoms with van der Waals surface area (Å²) in [6.07, 6.45) is 5.46. The lowest BCUT2D eigenvalue weighted by Gasteiger charge is -2.34. The minimum absolute atomic E-state index is 0.198. The van der Waals surface area contributed by atoms with Crippen molar-refractivity contribution in [3.05, 3.63) is 11.5 Å². The molecule has 1 radical (unpaired) electrons. The maximum absolute atomic E-state index is 12.1. The molecule has 1 saturated carbocycles. The van der Waals surface area contributed by atoms with E-state index in [-0.39, 0.29) is 6.09 Å². The molecule has 23 heavy (non-hydrogen) atoms. The van der Waals surface area contributed by atoms with Crippen molar-refractivity contribution < 1.29 is 9.53 Å². The summed E-state index contributed by atoms with van der Waals surface area (Å²) in [6, 6.07) is 0. The molecule has 129 valence electrons. The topological polar surface area (TPSA) is 29.5 Å². The molecule has 0 spiro atoms. The molecule has 0 saturated heterocycles. The van der Waals surface area contributed by atoms with Crippen LogP contribution in [0, 0.1) is 10.8 Å². The van der Waals surface area contributed by atoms with Crippen molar-refractivity contribution in [2.75, 3.05) is 13.1 Å². The Balaban J connectivity index is 1.87. The second-order valence-electron chi connectivity index (χ2n) is 9.56. The van der Waals surface area contributed by atoms with Crippen molar-refractivity contribution >= 4 is 13.4 Å². The smallest absolute Gasteiger partial charge is 0.410 e. The summed E-state index contributed by atoms with van der Waals surface area (Å²) >= 11 is 0. The average molecular weight is 318 g/mol. The first-order valence-corrected chi connectivity index (χ1v) is 8.91. The van der Waals surface area contributed by atoms with E-state index in [1.54, 1.807) is 4.90 Å². The summed E-state index contributed by atoms with van der Waals surface area (Å²) in [4.78, 5) is 13.9. The lowest BCUT2D eigenvalue weighted by atomic mass is 9.55. The Morgan fingerprint density at radius 2 is 1.78 bits per heavy atom. The number of hydrogen-bond donors (Lipinski definition) is 0. The number of carbonyl (C=O) groups is 1. The zero-order valence-electron chi connectivity index (χ0n) is 16.0. The van der Waals surface area contributed by atoms with Crippen LogP contribution in [0.4, 0.5) is 4.79 Å². The first kappa shape index (κ1) is 18.4. The fourth-order valence-electron chi connectivity index (χ4n) is 3.68. The lowest BCUT2D eigenvalue weighted by Crippen LogP contribution is -2.39. The largest absolute Gasteiger partial charge is 0.444 e. The number of hydrogen-bond acceptors (Lipinski definition) is 2. The molecule has 0 aromatic carbocycles. The first-order chi connectivity index (χ1) is 10.4. The minimum Gasteiger partial charge on any atom is -0.444 e. The fraction of sp³-hybridized carbons (Fsp3) is 0.842. The number of carbonyl (C=O) groups excluding carboxylic acids is 1. The van der Waals surface area contributed by atoms with Crippen molar-refractivity contribution in [1.29, 1.82) is 0 Å². The van der Waals surface area contributed by atoms with Crippen LogP contribution < -0.4 is 0 Å². The van der Waals surface area contributed by atoms with Gasteiger partial charge in [-0.1, -0.05) is 52.4 Å². The Hall–Kier alpha value is -0.925. The fourth-order valence-corrected chi connectivity index (χ4v) is 3.68. The minimum atomic E-state index is -0.422. The summed E-state index contributed by atoms with van der Waals surface area (Å²) in [5, 5.41) is 0. The molecule has 0 unspecified atom stereocenters. The predicted octanol–water partition coefficient (Wildman–Crippen LogP) is 4.85. The highest BCUT2D eigenvalue weighted by molar-refractivity contribution is 6.47. The molecule has 0 atom stereocenters. The van der Waals surface area contributed by atoms with Crippen molar-refractivity contribution in [1.82, 2.24) is 4.90 Å². The van der Waals surface area contributed by atoms with Crippen molar-refractivity contribution in [2.24, 2.45) is 10.8 Å². The van der Waals surface area contributed by atoms with Crippen molar-refractivity contribution in [3.63, 3.8) is 0 Å². The summed E-state index contributed by atoms with van der Waals surface area (Å²) in [7, 11) is 2.46. The van der Waals surface area contributed by atoms with Crippen LogP contribution in [0.1, 0.15) is 67.7 Å². The Labute approximate surface area is 143 Å². The molecule has 2 rings (SSSR count). The van der Waals surface area contributed by atoms with Gasteiger partial charge in [-0.15, -0.1) is 5.47 Å². The number of nitrogens with zero attached hydrogens (tertiary/aromatic N) is 1. The van der Waals surface area contributed by atoms with Gasteiger partial charge in [0.1, 0.15) is 12.9 Å². The zero-order chi connectivity index (χ0) is 17.5. The number of ether oxygens (including phenoxy) is 1. The molecule has 0 aromatic rings. The van der Waals surface area contributed by atoms with E-state index in [9.17, 15) is 4.79 Å². The monoisotopic (exact) mass is 318 g/mol. The highest BCUT2D eigenvalue weighted by Crippen LogP contribution is 2.57. The molecule has 4 heteroatoms.